The van der Waals surface area contributed by atoms with E-state index < -0.39 is 16.9 Å². The summed E-state index contributed by atoms with van der Waals surface area (Å²) in [5, 5.41) is 11.0. The molecule has 0 bridgehead atoms. The lowest BCUT2D eigenvalue weighted by atomic mass is 9.92. The van der Waals surface area contributed by atoms with E-state index in [1.54, 1.807) is 29.7 Å². The number of non-ortho nitro benzene ring substituents is 1. The van der Waals surface area contributed by atoms with Crippen LogP contribution in [0.1, 0.15) is 69.2 Å². The quantitative estimate of drug-likeness (QED) is 0.246. The molecule has 0 saturated carbocycles. The van der Waals surface area contributed by atoms with Crippen molar-refractivity contribution in [1.29, 1.82) is 0 Å². The fourth-order valence-corrected chi connectivity index (χ4v) is 5.36. The van der Waals surface area contributed by atoms with Crippen molar-refractivity contribution in [2.45, 2.75) is 52.5 Å². The Morgan fingerprint density at radius 2 is 1.84 bits per heavy atom. The number of hydrogen-bond acceptors (Lipinski definition) is 7. The number of nitrogens with zero attached hydrogens (tertiary/aromatic N) is 3. The molecule has 0 unspecified atom stereocenters. The zero-order valence-electron chi connectivity index (χ0n) is 21.3. The summed E-state index contributed by atoms with van der Waals surface area (Å²) in [6.45, 7) is 8.20. The Bertz CT molecular complexity index is 1530. The predicted octanol–water partition coefficient (Wildman–Crippen LogP) is 4.61. The summed E-state index contributed by atoms with van der Waals surface area (Å²) >= 11 is 1.24. The van der Waals surface area contributed by atoms with Gasteiger partial charge in [-0.2, -0.15) is 0 Å². The molecule has 0 N–H and O–H groups in total. The first-order valence-corrected chi connectivity index (χ1v) is 13.1. The summed E-state index contributed by atoms with van der Waals surface area (Å²) in [5.74, 6) is -0.134. The SMILES string of the molecule is CCCC1=C(C(=O)OCC)[C@H](c2ccc(C(C)C)cc2)n2c(s/c(=C\c3ccc([N+](=O)[O-])cc3)c2=O)=N1. The van der Waals surface area contributed by atoms with Crippen LogP contribution in [0.25, 0.3) is 6.08 Å². The summed E-state index contributed by atoms with van der Waals surface area (Å²) in [5.41, 5.74) is 3.33. The molecule has 2 heterocycles. The van der Waals surface area contributed by atoms with Gasteiger partial charge in [0, 0.05) is 12.1 Å². The number of nitro groups is 1. The average Bonchev–Trinajstić information content (AvgIpc) is 3.18. The van der Waals surface area contributed by atoms with Gasteiger partial charge >= 0.3 is 5.97 Å². The molecule has 0 radical (unpaired) electrons. The van der Waals surface area contributed by atoms with E-state index in [9.17, 15) is 19.7 Å². The van der Waals surface area contributed by atoms with E-state index in [1.165, 1.54) is 23.5 Å². The van der Waals surface area contributed by atoms with Gasteiger partial charge in [0.25, 0.3) is 11.2 Å². The van der Waals surface area contributed by atoms with Gasteiger partial charge in [-0.1, -0.05) is 62.8 Å². The third kappa shape index (κ3) is 5.32. The number of aromatic nitrogens is 1. The maximum absolute atomic E-state index is 13.7. The molecule has 9 heteroatoms. The van der Waals surface area contributed by atoms with Crippen molar-refractivity contribution in [2.24, 2.45) is 4.99 Å². The standard InChI is InChI=1S/C28H29N3O5S/c1-5-7-22-24(27(33)36-6-2)25(20-12-10-19(11-13-20)17(3)4)30-26(32)23(37-28(30)29-22)16-18-8-14-21(15-9-18)31(34)35/h8-17,25H,5-7H2,1-4H3/b23-16-/t25-/m0/s1. The van der Waals surface area contributed by atoms with Crippen LogP contribution in [0.4, 0.5) is 5.69 Å². The molecule has 0 spiro atoms. The van der Waals surface area contributed by atoms with Gasteiger partial charge in [-0.25, -0.2) is 9.79 Å². The summed E-state index contributed by atoms with van der Waals surface area (Å²) in [6.07, 6.45) is 3.04. The fraction of sp³-hybridized carbons (Fsp3) is 0.321. The lowest BCUT2D eigenvalue weighted by Crippen LogP contribution is -2.40. The first-order chi connectivity index (χ1) is 17.7. The van der Waals surface area contributed by atoms with Gasteiger partial charge in [0.15, 0.2) is 4.80 Å². The Balaban J connectivity index is 1.94. The molecule has 8 nitrogen and oxygen atoms in total. The highest BCUT2D eigenvalue weighted by atomic mass is 32.1. The minimum Gasteiger partial charge on any atom is -0.463 e. The molecule has 1 aliphatic heterocycles. The molecule has 0 saturated heterocycles. The number of rotatable bonds is 8. The molecular formula is C28H29N3O5S. The minimum absolute atomic E-state index is 0.0215. The second-order valence-corrected chi connectivity index (χ2v) is 10.1. The first kappa shape index (κ1) is 26.2. The highest BCUT2D eigenvalue weighted by molar-refractivity contribution is 7.07. The summed E-state index contributed by atoms with van der Waals surface area (Å²) < 4.78 is 7.42. The van der Waals surface area contributed by atoms with Crippen LogP contribution >= 0.6 is 11.3 Å². The number of esters is 1. The molecule has 1 aliphatic rings. The Hall–Kier alpha value is -3.85. The molecular weight excluding hydrogens is 490 g/mol. The fourth-order valence-electron chi connectivity index (χ4n) is 4.34. The van der Waals surface area contributed by atoms with Crippen LogP contribution in [-0.2, 0) is 9.53 Å². The van der Waals surface area contributed by atoms with E-state index >= 15 is 0 Å². The average molecular weight is 520 g/mol. The summed E-state index contributed by atoms with van der Waals surface area (Å²) in [4.78, 5) is 42.8. The van der Waals surface area contributed by atoms with Crippen LogP contribution in [0.15, 0.2) is 69.6 Å². The summed E-state index contributed by atoms with van der Waals surface area (Å²) in [7, 11) is 0. The van der Waals surface area contributed by atoms with Gasteiger partial charge in [-0.3, -0.25) is 19.5 Å². The van der Waals surface area contributed by atoms with E-state index in [0.717, 1.165) is 17.5 Å². The van der Waals surface area contributed by atoms with Crippen LogP contribution in [-0.4, -0.2) is 22.1 Å². The molecule has 0 fully saturated rings. The number of hydrogen-bond donors (Lipinski definition) is 0. The van der Waals surface area contributed by atoms with Crippen molar-refractivity contribution in [3.63, 3.8) is 0 Å². The van der Waals surface area contributed by atoms with Gasteiger partial charge in [-0.15, -0.1) is 0 Å². The number of thiazole rings is 1. The van der Waals surface area contributed by atoms with E-state index in [-0.39, 0.29) is 17.9 Å². The van der Waals surface area contributed by atoms with Crippen LogP contribution in [0, 0.1) is 10.1 Å². The molecule has 1 atom stereocenters. The number of allylic oxidation sites excluding steroid dienone is 1. The Kier molecular flexibility index (Phi) is 7.83. The summed E-state index contributed by atoms with van der Waals surface area (Å²) in [6, 6.07) is 13.3. The topological polar surface area (TPSA) is 104 Å². The molecule has 192 valence electrons. The van der Waals surface area contributed by atoms with Gasteiger partial charge in [0.1, 0.15) is 0 Å². The first-order valence-electron chi connectivity index (χ1n) is 12.3. The maximum atomic E-state index is 13.7. The van der Waals surface area contributed by atoms with Crippen molar-refractivity contribution in [3.8, 4) is 0 Å². The normalized spacial score (nSPS) is 15.5. The smallest absolute Gasteiger partial charge is 0.338 e. The van der Waals surface area contributed by atoms with E-state index in [1.807, 2.05) is 31.2 Å². The predicted molar refractivity (Wildman–Crippen MR) is 143 cm³/mol. The number of benzene rings is 2. The third-order valence-electron chi connectivity index (χ3n) is 6.21. The van der Waals surface area contributed by atoms with Gasteiger partial charge < -0.3 is 4.74 Å². The molecule has 0 aliphatic carbocycles. The number of fused-ring (bicyclic) bond motifs is 1. The number of nitro benzene ring substituents is 1. The highest BCUT2D eigenvalue weighted by Gasteiger charge is 2.34. The molecule has 2 aromatic carbocycles. The second-order valence-electron chi connectivity index (χ2n) is 9.08. The lowest BCUT2D eigenvalue weighted by Gasteiger charge is -2.26. The van der Waals surface area contributed by atoms with Crippen molar-refractivity contribution in [1.82, 2.24) is 4.57 Å². The zero-order valence-corrected chi connectivity index (χ0v) is 22.1. The molecule has 37 heavy (non-hydrogen) atoms. The van der Waals surface area contributed by atoms with E-state index in [0.29, 0.717) is 38.5 Å². The minimum atomic E-state index is -0.669. The van der Waals surface area contributed by atoms with Crippen molar-refractivity contribution in [3.05, 3.63) is 106 Å². The highest BCUT2D eigenvalue weighted by Crippen LogP contribution is 2.33. The lowest BCUT2D eigenvalue weighted by molar-refractivity contribution is -0.384. The number of carbonyl (C=O) groups excluding carboxylic acids is 1. The molecule has 0 amide bonds. The third-order valence-corrected chi connectivity index (χ3v) is 7.20. The van der Waals surface area contributed by atoms with Crippen LogP contribution in [0.3, 0.4) is 0 Å². The zero-order chi connectivity index (χ0) is 26.7. The number of carbonyl (C=O) groups is 1. The van der Waals surface area contributed by atoms with Crippen molar-refractivity contribution < 1.29 is 14.5 Å². The Labute approximate surface area is 218 Å². The van der Waals surface area contributed by atoms with Gasteiger partial charge in [0.2, 0.25) is 0 Å². The van der Waals surface area contributed by atoms with Gasteiger partial charge in [0.05, 0.1) is 33.4 Å². The van der Waals surface area contributed by atoms with E-state index in [4.69, 9.17) is 9.73 Å². The van der Waals surface area contributed by atoms with Crippen molar-refractivity contribution >= 4 is 29.1 Å². The molecule has 3 aromatic rings. The largest absolute Gasteiger partial charge is 0.463 e. The Morgan fingerprint density at radius 1 is 1.16 bits per heavy atom. The number of ether oxygens (including phenoxy) is 1. The van der Waals surface area contributed by atoms with Crippen LogP contribution in [0.2, 0.25) is 0 Å². The van der Waals surface area contributed by atoms with Crippen molar-refractivity contribution in [2.75, 3.05) is 6.61 Å². The monoisotopic (exact) mass is 519 g/mol. The Morgan fingerprint density at radius 3 is 2.41 bits per heavy atom. The van der Waals surface area contributed by atoms with Gasteiger partial charge in [-0.05, 0) is 54.2 Å². The van der Waals surface area contributed by atoms with E-state index in [2.05, 4.69) is 13.8 Å². The molecule has 1 aromatic heterocycles. The maximum Gasteiger partial charge on any atom is 0.338 e. The van der Waals surface area contributed by atoms with Crippen LogP contribution in [0.5, 0.6) is 0 Å². The second kappa shape index (κ2) is 11.0. The molecule has 4 rings (SSSR count). The van der Waals surface area contributed by atoms with Crippen LogP contribution < -0.4 is 14.9 Å².